The molecule has 1 N–H and O–H groups in total. The molecule has 0 radical (unpaired) electrons. The van der Waals surface area contributed by atoms with Crippen LogP contribution in [0.4, 0.5) is 4.39 Å². The molecule has 1 heterocycles. The van der Waals surface area contributed by atoms with E-state index in [0.29, 0.717) is 0 Å². The van der Waals surface area contributed by atoms with Crippen LogP contribution in [0, 0.1) is 5.82 Å². The highest BCUT2D eigenvalue weighted by Crippen LogP contribution is 2.27. The number of pyridine rings is 1. The number of aromatic amines is 1. The molecule has 0 aliphatic heterocycles. The van der Waals surface area contributed by atoms with Crippen molar-refractivity contribution in [1.29, 1.82) is 0 Å². The fourth-order valence-electron chi connectivity index (χ4n) is 2.25. The van der Waals surface area contributed by atoms with Crippen molar-refractivity contribution in [2.24, 2.45) is 0 Å². The van der Waals surface area contributed by atoms with Crippen LogP contribution in [0.5, 0.6) is 0 Å². The first-order valence-corrected chi connectivity index (χ1v) is 9.03. The fraction of sp³-hybridized carbons (Fsp3) is 0. The Morgan fingerprint density at radius 2 is 1.50 bits per heavy atom. The van der Waals surface area contributed by atoms with E-state index >= 15 is 0 Å². The number of benzene rings is 2. The maximum atomic E-state index is 13.8. The van der Waals surface area contributed by atoms with Crippen molar-refractivity contribution < 1.29 is 12.8 Å². The molecule has 9 heteroatoms. The van der Waals surface area contributed by atoms with Gasteiger partial charge in [-0.15, -0.1) is 0 Å². The molecule has 0 fully saturated rings. The lowest BCUT2D eigenvalue weighted by atomic mass is 10.2. The summed E-state index contributed by atoms with van der Waals surface area (Å²) in [6.07, 6.45) is 0.936. The summed E-state index contributed by atoms with van der Waals surface area (Å²) in [7, 11) is -4.21. The third-order valence-corrected chi connectivity index (χ3v) is 5.70. The van der Waals surface area contributed by atoms with Crippen molar-refractivity contribution in [3.8, 4) is 0 Å². The third-order valence-electron chi connectivity index (χ3n) is 3.31. The molecular weight excluding hydrogens is 400 g/mol. The van der Waals surface area contributed by atoms with E-state index in [1.165, 1.54) is 24.3 Å². The lowest BCUT2D eigenvalue weighted by molar-refractivity contribution is 0.595. The molecule has 0 atom stereocenters. The van der Waals surface area contributed by atoms with E-state index in [1.54, 1.807) is 0 Å². The number of fused-ring (bicyclic) bond motifs is 1. The van der Waals surface area contributed by atoms with E-state index in [9.17, 15) is 17.6 Å². The molecule has 0 amide bonds. The van der Waals surface area contributed by atoms with Crippen molar-refractivity contribution in [1.82, 2.24) is 4.98 Å². The average molecular weight is 407 g/mol. The molecule has 0 aliphatic rings. The molecule has 0 aliphatic carbocycles. The predicted molar refractivity (Wildman–Crippen MR) is 91.5 cm³/mol. The minimum atomic E-state index is -4.21. The minimum Gasteiger partial charge on any atom is -0.357 e. The van der Waals surface area contributed by atoms with Crippen molar-refractivity contribution in [2.75, 3.05) is 0 Å². The molecule has 4 nitrogen and oxygen atoms in total. The monoisotopic (exact) mass is 405 g/mol. The van der Waals surface area contributed by atoms with Gasteiger partial charge in [-0.3, -0.25) is 4.79 Å². The van der Waals surface area contributed by atoms with E-state index in [4.69, 9.17) is 34.8 Å². The molecule has 0 saturated carbocycles. The van der Waals surface area contributed by atoms with E-state index in [0.717, 1.165) is 12.3 Å². The molecule has 3 rings (SSSR count). The van der Waals surface area contributed by atoms with Gasteiger partial charge in [0.25, 0.3) is 0 Å². The molecular formula is C15H7Cl3FNO3S. The Morgan fingerprint density at radius 3 is 2.12 bits per heavy atom. The molecule has 0 unspecified atom stereocenters. The Hall–Kier alpha value is -1.60. The van der Waals surface area contributed by atoms with Gasteiger partial charge in [0.05, 0.1) is 15.8 Å². The van der Waals surface area contributed by atoms with E-state index in [2.05, 4.69) is 4.98 Å². The molecule has 124 valence electrons. The second-order valence-corrected chi connectivity index (χ2v) is 8.13. The normalized spacial score (nSPS) is 11.8. The van der Waals surface area contributed by atoms with Gasteiger partial charge in [0, 0.05) is 21.3 Å². The quantitative estimate of drug-likeness (QED) is 0.683. The second-order valence-electron chi connectivity index (χ2n) is 4.90. The van der Waals surface area contributed by atoms with Crippen LogP contribution in [0.2, 0.25) is 15.1 Å². The lowest BCUT2D eigenvalue weighted by Crippen LogP contribution is -2.16. The number of halogens is 4. The van der Waals surface area contributed by atoms with Crippen molar-refractivity contribution >= 4 is 55.5 Å². The highest BCUT2D eigenvalue weighted by molar-refractivity contribution is 7.91. The van der Waals surface area contributed by atoms with Crippen LogP contribution >= 0.6 is 34.8 Å². The highest BCUT2D eigenvalue weighted by atomic mass is 35.5. The first-order valence-electron chi connectivity index (χ1n) is 6.42. The smallest absolute Gasteiger partial charge is 0.212 e. The maximum absolute atomic E-state index is 13.8. The van der Waals surface area contributed by atoms with Gasteiger partial charge in [-0.1, -0.05) is 34.8 Å². The number of aromatic nitrogens is 1. The van der Waals surface area contributed by atoms with Crippen molar-refractivity contribution in [3.05, 3.63) is 67.6 Å². The van der Waals surface area contributed by atoms with Gasteiger partial charge in [0.2, 0.25) is 15.3 Å². The predicted octanol–water partition coefficient (Wildman–Crippen LogP) is 4.46. The first kappa shape index (κ1) is 17.2. The third kappa shape index (κ3) is 2.91. The summed E-state index contributed by atoms with van der Waals surface area (Å²) < 4.78 is 39.3. The Balaban J connectivity index is 2.33. The van der Waals surface area contributed by atoms with Gasteiger partial charge in [-0.25, -0.2) is 12.8 Å². The van der Waals surface area contributed by atoms with Gasteiger partial charge in [0.15, 0.2) is 0 Å². The van der Waals surface area contributed by atoms with Crippen LogP contribution in [-0.2, 0) is 9.84 Å². The summed E-state index contributed by atoms with van der Waals surface area (Å²) in [6.45, 7) is 0. The van der Waals surface area contributed by atoms with Gasteiger partial charge >= 0.3 is 0 Å². The van der Waals surface area contributed by atoms with Crippen LogP contribution in [0.1, 0.15) is 0 Å². The SMILES string of the molecule is O=c1c(S(=O)(=O)c2cc(Cl)cc(Cl)c2)c[nH]c2c(F)cc(Cl)cc12. The van der Waals surface area contributed by atoms with Gasteiger partial charge < -0.3 is 4.98 Å². The minimum absolute atomic E-state index is 0.0224. The lowest BCUT2D eigenvalue weighted by Gasteiger charge is -2.07. The average Bonchev–Trinajstić information content (AvgIpc) is 2.47. The zero-order valence-corrected chi connectivity index (χ0v) is 14.7. The van der Waals surface area contributed by atoms with Crippen LogP contribution in [0.15, 0.2) is 51.1 Å². The Kier molecular flexibility index (Phi) is 4.34. The van der Waals surface area contributed by atoms with Crippen LogP contribution in [-0.4, -0.2) is 13.4 Å². The van der Waals surface area contributed by atoms with E-state index < -0.39 is 26.0 Å². The summed E-state index contributed by atoms with van der Waals surface area (Å²) in [4.78, 5) is 14.2. The zero-order valence-electron chi connectivity index (χ0n) is 11.6. The molecule has 0 saturated heterocycles. The van der Waals surface area contributed by atoms with Gasteiger partial charge in [0.1, 0.15) is 10.7 Å². The van der Waals surface area contributed by atoms with E-state index in [1.807, 2.05) is 0 Å². The number of hydrogen-bond donors (Lipinski definition) is 1. The second kappa shape index (κ2) is 6.04. The Morgan fingerprint density at radius 1 is 0.917 bits per heavy atom. The highest BCUT2D eigenvalue weighted by Gasteiger charge is 2.24. The van der Waals surface area contributed by atoms with Crippen LogP contribution < -0.4 is 5.43 Å². The van der Waals surface area contributed by atoms with Crippen LogP contribution in [0.25, 0.3) is 10.9 Å². The summed E-state index contributed by atoms with van der Waals surface area (Å²) in [6, 6.07) is 5.92. The zero-order chi connectivity index (χ0) is 17.6. The number of hydrogen-bond acceptors (Lipinski definition) is 3. The van der Waals surface area contributed by atoms with Gasteiger partial charge in [-0.2, -0.15) is 0 Å². The molecule has 0 bridgehead atoms. The topological polar surface area (TPSA) is 67.0 Å². The van der Waals surface area contributed by atoms with Crippen molar-refractivity contribution in [2.45, 2.75) is 9.79 Å². The summed E-state index contributed by atoms with van der Waals surface area (Å²) in [5, 5.41) is 0.0137. The molecule has 24 heavy (non-hydrogen) atoms. The summed E-state index contributed by atoms with van der Waals surface area (Å²) in [5.41, 5.74) is -1.01. The number of nitrogens with one attached hydrogen (secondary N) is 1. The van der Waals surface area contributed by atoms with Crippen LogP contribution in [0.3, 0.4) is 0 Å². The van der Waals surface area contributed by atoms with Crippen molar-refractivity contribution in [3.63, 3.8) is 0 Å². The van der Waals surface area contributed by atoms with Gasteiger partial charge in [-0.05, 0) is 30.3 Å². The number of sulfone groups is 1. The Bertz CT molecular complexity index is 1120. The van der Waals surface area contributed by atoms with E-state index in [-0.39, 0.29) is 30.9 Å². The molecule has 2 aromatic carbocycles. The summed E-state index contributed by atoms with van der Waals surface area (Å²) >= 11 is 17.4. The first-order chi connectivity index (χ1) is 11.2. The Labute approximate surface area is 150 Å². The fourth-order valence-corrected chi connectivity index (χ4v) is 4.49. The number of rotatable bonds is 2. The largest absolute Gasteiger partial charge is 0.357 e. The molecule has 1 aromatic heterocycles. The maximum Gasteiger partial charge on any atom is 0.212 e. The number of H-pyrrole nitrogens is 1. The molecule has 3 aromatic rings. The standard InChI is InChI=1S/C15H7Cl3FNO3S/c16-7-1-8(17)3-10(2-7)24(22,23)13-6-20-14-11(15(13)21)4-9(18)5-12(14)19/h1-6H,(H,20,21). The summed E-state index contributed by atoms with van der Waals surface area (Å²) in [5.74, 6) is -0.760. The molecule has 0 spiro atoms.